The molecule has 3 aromatic rings. The molecule has 2 atom stereocenters. The van der Waals surface area contributed by atoms with Gasteiger partial charge in [-0.25, -0.2) is 8.78 Å². The van der Waals surface area contributed by atoms with Gasteiger partial charge in [0.1, 0.15) is 17.9 Å². The van der Waals surface area contributed by atoms with Crippen molar-refractivity contribution in [1.29, 1.82) is 0 Å². The van der Waals surface area contributed by atoms with Crippen molar-refractivity contribution in [3.63, 3.8) is 0 Å². The van der Waals surface area contributed by atoms with E-state index in [0.717, 1.165) is 18.1 Å². The second kappa shape index (κ2) is 10.3. The first-order chi connectivity index (χ1) is 14.5. The minimum atomic E-state index is -0.620. The number of nitrogens with zero attached hydrogens (tertiary/aromatic N) is 1. The molecule has 1 aromatic heterocycles. The summed E-state index contributed by atoms with van der Waals surface area (Å²) in [5.41, 5.74) is 10.1. The fourth-order valence-corrected chi connectivity index (χ4v) is 3.60. The average molecular weight is 415 g/mol. The summed E-state index contributed by atoms with van der Waals surface area (Å²) >= 11 is 0. The van der Waals surface area contributed by atoms with Gasteiger partial charge in [-0.1, -0.05) is 31.2 Å². The lowest BCUT2D eigenvalue weighted by molar-refractivity contribution is 0.336. The lowest BCUT2D eigenvalue weighted by Gasteiger charge is -2.24. The number of benzene rings is 2. The zero-order valence-corrected chi connectivity index (χ0v) is 17.2. The highest BCUT2D eigenvalue weighted by molar-refractivity contribution is 5.29. The number of nitrogens with one attached hydrogen (secondary N) is 1. The molecule has 2 unspecified atom stereocenters. The van der Waals surface area contributed by atoms with E-state index < -0.39 is 17.7 Å². The van der Waals surface area contributed by atoms with Gasteiger partial charge in [-0.05, 0) is 46.8 Å². The number of aryl methyl sites for hydroxylation is 1. The molecule has 0 spiro atoms. The van der Waals surface area contributed by atoms with Gasteiger partial charge >= 0.3 is 0 Å². The van der Waals surface area contributed by atoms with Gasteiger partial charge in [-0.15, -0.1) is 0 Å². The summed E-state index contributed by atoms with van der Waals surface area (Å²) in [7, 11) is 1.51. The molecule has 5 nitrogen and oxygen atoms in total. The number of hydrogen-bond donors (Lipinski definition) is 2. The molecule has 2 aromatic carbocycles. The van der Waals surface area contributed by atoms with E-state index in [-0.39, 0.29) is 5.92 Å². The summed E-state index contributed by atoms with van der Waals surface area (Å²) in [6.07, 6.45) is 2.78. The maximum Gasteiger partial charge on any atom is 0.257 e. The minimum absolute atomic E-state index is 0.230. The van der Waals surface area contributed by atoms with E-state index in [1.165, 1.54) is 36.6 Å². The first-order valence-corrected chi connectivity index (χ1v) is 9.97. The van der Waals surface area contributed by atoms with Crippen LogP contribution in [0.5, 0.6) is 5.88 Å². The number of ether oxygens (including phenoxy) is 1. The number of rotatable bonds is 10. The third-order valence-corrected chi connectivity index (χ3v) is 5.16. The van der Waals surface area contributed by atoms with Crippen molar-refractivity contribution in [2.24, 2.45) is 5.73 Å². The van der Waals surface area contributed by atoms with E-state index in [0.29, 0.717) is 31.0 Å². The van der Waals surface area contributed by atoms with Gasteiger partial charge in [0.25, 0.3) is 5.88 Å². The molecule has 0 bridgehead atoms. The van der Waals surface area contributed by atoms with Crippen LogP contribution in [0.3, 0.4) is 0 Å². The maximum atomic E-state index is 13.6. The molecule has 3 N–H and O–H groups in total. The topological polar surface area (TPSA) is 73.3 Å². The molecule has 3 rings (SSSR count). The van der Waals surface area contributed by atoms with Crippen LogP contribution < -0.4 is 15.8 Å². The standard InChI is InChI=1S/C23H27F2N3O2/c1-3-15-5-4-6-16(7-15)12-27-13-20(21-14-30-28-23(21)29-2)22(26)10-17-8-18(24)11-19(25)9-17/h4-9,11,14,20,22,27H,3,10,12-13,26H2,1-2H3. The van der Waals surface area contributed by atoms with Crippen LogP contribution in [0.15, 0.2) is 53.3 Å². The molecule has 0 aliphatic carbocycles. The Morgan fingerprint density at radius 3 is 2.53 bits per heavy atom. The van der Waals surface area contributed by atoms with Crippen LogP contribution in [0, 0.1) is 11.6 Å². The number of halogens is 2. The third-order valence-electron chi connectivity index (χ3n) is 5.16. The van der Waals surface area contributed by atoms with Crippen molar-refractivity contribution < 1.29 is 18.0 Å². The monoisotopic (exact) mass is 415 g/mol. The first kappa shape index (κ1) is 21.9. The van der Waals surface area contributed by atoms with Crippen LogP contribution in [0.1, 0.15) is 35.1 Å². The van der Waals surface area contributed by atoms with E-state index in [1.807, 2.05) is 6.07 Å². The molecule has 7 heteroatoms. The molecule has 0 saturated heterocycles. The summed E-state index contributed by atoms with van der Waals surface area (Å²) in [5.74, 6) is -1.11. The van der Waals surface area contributed by atoms with E-state index in [2.05, 4.69) is 35.6 Å². The van der Waals surface area contributed by atoms with Gasteiger partial charge in [0.15, 0.2) is 0 Å². The molecule has 0 amide bonds. The Labute approximate surface area is 175 Å². The zero-order valence-electron chi connectivity index (χ0n) is 17.2. The van der Waals surface area contributed by atoms with E-state index in [1.54, 1.807) is 0 Å². The van der Waals surface area contributed by atoms with Crippen molar-refractivity contribution in [2.45, 2.75) is 38.3 Å². The molecule has 30 heavy (non-hydrogen) atoms. The Kier molecular flexibility index (Phi) is 7.54. The lowest BCUT2D eigenvalue weighted by Crippen LogP contribution is -2.37. The second-order valence-corrected chi connectivity index (χ2v) is 7.34. The fourth-order valence-electron chi connectivity index (χ4n) is 3.60. The highest BCUT2D eigenvalue weighted by Crippen LogP contribution is 2.28. The van der Waals surface area contributed by atoms with Crippen molar-refractivity contribution in [3.05, 3.63) is 82.6 Å². The summed E-state index contributed by atoms with van der Waals surface area (Å²) in [5, 5.41) is 7.29. The summed E-state index contributed by atoms with van der Waals surface area (Å²) in [4.78, 5) is 0. The van der Waals surface area contributed by atoms with Gasteiger partial charge in [0.05, 0.1) is 12.7 Å². The van der Waals surface area contributed by atoms with Crippen LogP contribution in [-0.2, 0) is 19.4 Å². The molecular formula is C23H27F2N3O2. The highest BCUT2D eigenvalue weighted by Gasteiger charge is 2.26. The number of methoxy groups -OCH3 is 1. The van der Waals surface area contributed by atoms with E-state index in [9.17, 15) is 8.78 Å². The van der Waals surface area contributed by atoms with Gasteiger partial charge in [-0.2, -0.15) is 0 Å². The summed E-state index contributed by atoms with van der Waals surface area (Å²) < 4.78 is 37.5. The van der Waals surface area contributed by atoms with Crippen LogP contribution in [0.4, 0.5) is 8.78 Å². The molecule has 0 aliphatic heterocycles. The average Bonchev–Trinajstić information content (AvgIpc) is 3.19. The molecule has 0 aliphatic rings. The van der Waals surface area contributed by atoms with Crippen LogP contribution in [0.2, 0.25) is 0 Å². The van der Waals surface area contributed by atoms with Gasteiger partial charge in [-0.3, -0.25) is 0 Å². The molecule has 160 valence electrons. The SMILES string of the molecule is CCc1cccc(CNCC(c2conc2OC)C(N)Cc2cc(F)cc(F)c2)c1. The number of aromatic nitrogens is 1. The molecule has 0 radical (unpaired) electrons. The van der Waals surface area contributed by atoms with Gasteiger partial charge in [0, 0.05) is 31.1 Å². The van der Waals surface area contributed by atoms with Crippen molar-refractivity contribution in [1.82, 2.24) is 10.5 Å². The normalized spacial score (nSPS) is 13.2. The van der Waals surface area contributed by atoms with Crippen LogP contribution in [0.25, 0.3) is 0 Å². The van der Waals surface area contributed by atoms with Gasteiger partial charge < -0.3 is 20.3 Å². The van der Waals surface area contributed by atoms with Crippen molar-refractivity contribution in [3.8, 4) is 5.88 Å². The zero-order chi connectivity index (χ0) is 21.5. The molecule has 1 heterocycles. The Morgan fingerprint density at radius 1 is 1.10 bits per heavy atom. The highest BCUT2D eigenvalue weighted by atomic mass is 19.1. The van der Waals surface area contributed by atoms with E-state index >= 15 is 0 Å². The lowest BCUT2D eigenvalue weighted by atomic mass is 9.89. The number of nitrogens with two attached hydrogens (primary N) is 1. The van der Waals surface area contributed by atoms with Crippen LogP contribution in [-0.4, -0.2) is 24.9 Å². The van der Waals surface area contributed by atoms with Crippen LogP contribution >= 0.6 is 0 Å². The van der Waals surface area contributed by atoms with E-state index in [4.69, 9.17) is 15.0 Å². The Morgan fingerprint density at radius 2 is 1.83 bits per heavy atom. The third kappa shape index (κ3) is 5.64. The molecule has 0 saturated carbocycles. The van der Waals surface area contributed by atoms with Gasteiger partial charge in [0.2, 0.25) is 0 Å². The van der Waals surface area contributed by atoms with Crippen molar-refractivity contribution >= 4 is 0 Å². The minimum Gasteiger partial charge on any atom is -0.479 e. The summed E-state index contributed by atoms with van der Waals surface area (Å²) in [6.45, 7) is 3.31. The fraction of sp³-hybridized carbons (Fsp3) is 0.348. The largest absolute Gasteiger partial charge is 0.479 e. The predicted molar refractivity (Wildman–Crippen MR) is 111 cm³/mol. The Bertz CT molecular complexity index is 941. The maximum absolute atomic E-state index is 13.6. The number of hydrogen-bond acceptors (Lipinski definition) is 5. The molecular weight excluding hydrogens is 388 g/mol. The Balaban J connectivity index is 1.74. The second-order valence-electron chi connectivity index (χ2n) is 7.34. The Hall–Kier alpha value is -2.77. The quantitative estimate of drug-likeness (QED) is 0.524. The first-order valence-electron chi connectivity index (χ1n) is 9.97. The summed E-state index contributed by atoms with van der Waals surface area (Å²) in [6, 6.07) is 11.4. The molecule has 0 fully saturated rings. The smallest absolute Gasteiger partial charge is 0.257 e. The van der Waals surface area contributed by atoms with Crippen molar-refractivity contribution in [2.75, 3.05) is 13.7 Å². The predicted octanol–water partition coefficient (Wildman–Crippen LogP) is 3.97.